The van der Waals surface area contributed by atoms with E-state index < -0.39 is 30.4 Å². The minimum absolute atomic E-state index is 0.482. The summed E-state index contributed by atoms with van der Waals surface area (Å²) in [5, 5.41) is 12.2. The largest absolute Gasteiger partial charge is 0.393 e. The molecule has 0 rings (SSSR count). The Morgan fingerprint density at radius 2 is 1.21 bits per heavy atom. The van der Waals surface area contributed by atoms with Gasteiger partial charge in [-0.1, -0.05) is 90.4 Å². The van der Waals surface area contributed by atoms with Crippen molar-refractivity contribution >= 4 is 17.8 Å². The van der Waals surface area contributed by atoms with E-state index in [-0.39, 0.29) is 0 Å². The molecule has 0 saturated heterocycles. The number of nitrogens with one attached hydrogen (secondary N) is 1. The van der Waals surface area contributed by atoms with Gasteiger partial charge in [0.2, 0.25) is 5.91 Å². The number of unbranched alkanes of at least 4 members (excludes halogenated alkanes) is 13. The van der Waals surface area contributed by atoms with Gasteiger partial charge in [0.25, 0.3) is 0 Å². The van der Waals surface area contributed by atoms with Gasteiger partial charge >= 0.3 is 11.9 Å². The molecule has 1 amide bonds. The van der Waals surface area contributed by atoms with Crippen LogP contribution < -0.4 is 5.32 Å². The third-order valence-electron chi connectivity index (χ3n) is 4.75. The summed E-state index contributed by atoms with van der Waals surface area (Å²) in [5.41, 5.74) is 0. The number of rotatable bonds is 18. The summed E-state index contributed by atoms with van der Waals surface area (Å²) >= 11 is 0. The highest BCUT2D eigenvalue weighted by molar-refractivity contribution is 5.89. The highest BCUT2D eigenvalue weighted by Gasteiger charge is 2.20. The topological polar surface area (TPSA) is 92.7 Å². The molecule has 0 aromatic carbocycles. The lowest BCUT2D eigenvalue weighted by Crippen LogP contribution is -2.36. The quantitative estimate of drug-likeness (QED) is 0.202. The Labute approximate surface area is 170 Å². The Hall–Kier alpha value is -1.43. The second-order valence-electron chi connectivity index (χ2n) is 7.57. The first-order valence-corrected chi connectivity index (χ1v) is 11.1. The summed E-state index contributed by atoms with van der Waals surface area (Å²) in [7, 11) is 0. The van der Waals surface area contributed by atoms with Gasteiger partial charge in [-0.05, 0) is 6.42 Å². The molecule has 0 aliphatic carbocycles. The number of hydrogen-bond acceptors (Lipinski definition) is 5. The lowest BCUT2D eigenvalue weighted by Gasteiger charge is -2.10. The van der Waals surface area contributed by atoms with Crippen molar-refractivity contribution in [2.75, 3.05) is 6.54 Å². The van der Waals surface area contributed by atoms with Gasteiger partial charge < -0.3 is 15.2 Å². The van der Waals surface area contributed by atoms with Crippen LogP contribution >= 0.6 is 0 Å². The zero-order valence-corrected chi connectivity index (χ0v) is 18.0. The predicted octanol–water partition coefficient (Wildman–Crippen LogP) is 4.42. The highest BCUT2D eigenvalue weighted by Crippen LogP contribution is 2.12. The van der Waals surface area contributed by atoms with Crippen LogP contribution in [0.3, 0.4) is 0 Å². The number of carbonyl (C=O) groups excluding carboxylic acids is 3. The molecule has 0 aromatic rings. The fourth-order valence-electron chi connectivity index (χ4n) is 3.10. The molecule has 1 atom stereocenters. The number of ether oxygens (including phenoxy) is 1. The first-order valence-electron chi connectivity index (χ1n) is 11.1. The van der Waals surface area contributed by atoms with E-state index in [4.69, 9.17) is 0 Å². The Bertz CT molecular complexity index is 425. The summed E-state index contributed by atoms with van der Waals surface area (Å²) < 4.78 is 4.28. The smallest absolute Gasteiger partial charge is 0.316 e. The Balaban J connectivity index is 3.37. The van der Waals surface area contributed by atoms with Crippen molar-refractivity contribution < 1.29 is 24.2 Å². The van der Waals surface area contributed by atoms with E-state index in [0.717, 1.165) is 26.2 Å². The van der Waals surface area contributed by atoms with Gasteiger partial charge in [0.1, 0.15) is 6.10 Å². The average Bonchev–Trinajstić information content (AvgIpc) is 2.63. The molecule has 6 heteroatoms. The Morgan fingerprint density at radius 1 is 0.786 bits per heavy atom. The molecule has 0 bridgehead atoms. The van der Waals surface area contributed by atoms with Crippen molar-refractivity contribution in [3.8, 4) is 0 Å². The van der Waals surface area contributed by atoms with E-state index in [0.29, 0.717) is 6.54 Å². The number of carbonyl (C=O) groups is 3. The molecule has 6 nitrogen and oxygen atoms in total. The van der Waals surface area contributed by atoms with Crippen molar-refractivity contribution in [1.82, 2.24) is 5.32 Å². The van der Waals surface area contributed by atoms with Crippen molar-refractivity contribution in [3.63, 3.8) is 0 Å². The third kappa shape index (κ3) is 18.0. The van der Waals surface area contributed by atoms with Gasteiger partial charge in [-0.2, -0.15) is 0 Å². The predicted molar refractivity (Wildman–Crippen MR) is 111 cm³/mol. The van der Waals surface area contributed by atoms with E-state index >= 15 is 0 Å². The summed E-state index contributed by atoms with van der Waals surface area (Å²) in [6.07, 6.45) is 15.8. The molecule has 0 heterocycles. The Morgan fingerprint density at radius 3 is 1.64 bits per heavy atom. The van der Waals surface area contributed by atoms with Crippen molar-refractivity contribution in [3.05, 3.63) is 0 Å². The standard InChI is InChI=1S/C22H41NO5/c1-3-4-5-6-7-8-9-10-11-12-13-14-15-16-17-23-22(27)20(25)18-21(26)28-19(2)24/h20,25H,3-18H2,1-2H3,(H,23,27). The number of aliphatic hydroxyl groups is 1. The normalized spacial score (nSPS) is 11.8. The van der Waals surface area contributed by atoms with Crippen LogP contribution in [0.4, 0.5) is 0 Å². The summed E-state index contributed by atoms with van der Waals surface area (Å²) in [6.45, 7) is 3.83. The second-order valence-corrected chi connectivity index (χ2v) is 7.57. The van der Waals surface area contributed by atoms with E-state index in [1.807, 2.05) is 0 Å². The van der Waals surface area contributed by atoms with E-state index in [1.54, 1.807) is 0 Å². The first kappa shape index (κ1) is 26.6. The molecule has 2 N–H and O–H groups in total. The summed E-state index contributed by atoms with van der Waals surface area (Å²) in [5.74, 6) is -2.25. The van der Waals surface area contributed by atoms with Gasteiger partial charge in [0, 0.05) is 13.5 Å². The van der Waals surface area contributed by atoms with E-state index in [2.05, 4.69) is 17.0 Å². The summed E-state index contributed by atoms with van der Waals surface area (Å²) in [6, 6.07) is 0. The molecule has 0 fully saturated rings. The zero-order chi connectivity index (χ0) is 21.0. The van der Waals surface area contributed by atoms with Crippen LogP contribution in [0.25, 0.3) is 0 Å². The van der Waals surface area contributed by atoms with Crippen LogP contribution in [-0.2, 0) is 19.1 Å². The second kappa shape index (κ2) is 18.9. The lowest BCUT2D eigenvalue weighted by molar-refractivity contribution is -0.160. The maximum Gasteiger partial charge on any atom is 0.316 e. The maximum atomic E-state index is 11.6. The van der Waals surface area contributed by atoms with Crippen LogP contribution in [0.15, 0.2) is 0 Å². The first-order chi connectivity index (χ1) is 13.5. The number of aliphatic hydroxyl groups excluding tert-OH is 1. The Kier molecular flexibility index (Phi) is 17.9. The summed E-state index contributed by atoms with van der Waals surface area (Å²) in [4.78, 5) is 33.5. The molecule has 0 aromatic heterocycles. The molecular weight excluding hydrogens is 358 g/mol. The van der Waals surface area contributed by atoms with Crippen molar-refractivity contribution in [2.45, 2.75) is 116 Å². The molecule has 28 heavy (non-hydrogen) atoms. The minimum Gasteiger partial charge on any atom is -0.393 e. The van der Waals surface area contributed by atoms with Crippen LogP contribution in [0.5, 0.6) is 0 Å². The molecule has 0 saturated carbocycles. The SMILES string of the molecule is CCCCCCCCCCCCCCCCNC(=O)C(O)CC(=O)OC(C)=O. The average molecular weight is 400 g/mol. The van der Waals surface area contributed by atoms with Crippen molar-refractivity contribution in [1.29, 1.82) is 0 Å². The fourth-order valence-corrected chi connectivity index (χ4v) is 3.10. The molecule has 1 unspecified atom stereocenters. The third-order valence-corrected chi connectivity index (χ3v) is 4.75. The monoisotopic (exact) mass is 399 g/mol. The molecule has 0 spiro atoms. The lowest BCUT2D eigenvalue weighted by atomic mass is 10.0. The van der Waals surface area contributed by atoms with Gasteiger partial charge in [-0.15, -0.1) is 0 Å². The van der Waals surface area contributed by atoms with Gasteiger partial charge in [0.05, 0.1) is 6.42 Å². The van der Waals surface area contributed by atoms with Gasteiger partial charge in [0.15, 0.2) is 0 Å². The van der Waals surface area contributed by atoms with Crippen LogP contribution in [-0.4, -0.2) is 35.6 Å². The van der Waals surface area contributed by atoms with Crippen LogP contribution in [0, 0.1) is 0 Å². The fraction of sp³-hybridized carbons (Fsp3) is 0.864. The maximum absolute atomic E-state index is 11.6. The highest BCUT2D eigenvalue weighted by atomic mass is 16.6. The number of amides is 1. The minimum atomic E-state index is -1.47. The van der Waals surface area contributed by atoms with Crippen molar-refractivity contribution in [2.24, 2.45) is 0 Å². The number of esters is 2. The molecule has 0 aliphatic rings. The molecule has 164 valence electrons. The van der Waals surface area contributed by atoms with Crippen LogP contribution in [0.2, 0.25) is 0 Å². The number of hydrogen-bond donors (Lipinski definition) is 2. The molecule has 0 radical (unpaired) electrons. The van der Waals surface area contributed by atoms with E-state index in [1.165, 1.54) is 70.6 Å². The molecular formula is C22H41NO5. The van der Waals surface area contributed by atoms with Gasteiger partial charge in [-0.3, -0.25) is 14.4 Å². The van der Waals surface area contributed by atoms with Gasteiger partial charge in [-0.25, -0.2) is 0 Å². The molecule has 0 aliphatic heterocycles. The zero-order valence-electron chi connectivity index (χ0n) is 18.0. The van der Waals surface area contributed by atoms with Crippen LogP contribution in [0.1, 0.15) is 110 Å². The van der Waals surface area contributed by atoms with E-state index in [9.17, 15) is 19.5 Å².